The molecule has 1 aliphatic heterocycles. The second-order valence-electron chi connectivity index (χ2n) is 6.39. The predicted molar refractivity (Wildman–Crippen MR) is 97.5 cm³/mol. The average molecular weight is 377 g/mol. The maximum absolute atomic E-state index is 15.0. The van der Waals surface area contributed by atoms with Crippen LogP contribution in [-0.2, 0) is 4.79 Å². The standard InChI is InChI=1S/C18H20FN3O5/c1-10-9-27-17-14-11(16(24)12(18(25)26)8-22(10)14)7-13(19)15(17)21(5-6-23)4-3-20-2/h6-8,10,20H,3-5,9H2,1-2H3,(H,25,26). The van der Waals surface area contributed by atoms with Gasteiger partial charge in [-0.25, -0.2) is 9.18 Å². The van der Waals surface area contributed by atoms with Gasteiger partial charge in [0.2, 0.25) is 5.43 Å². The lowest BCUT2D eigenvalue weighted by Gasteiger charge is -2.32. The van der Waals surface area contributed by atoms with Crippen molar-refractivity contribution in [1.29, 1.82) is 0 Å². The average Bonchev–Trinajstić information content (AvgIpc) is 2.63. The molecule has 0 aliphatic carbocycles. The molecule has 144 valence electrons. The van der Waals surface area contributed by atoms with Crippen molar-refractivity contribution >= 4 is 28.8 Å². The molecule has 2 aromatic rings. The first-order chi connectivity index (χ1) is 12.9. The first-order valence-electron chi connectivity index (χ1n) is 8.51. The SMILES string of the molecule is CNCCN(CC=O)c1c(F)cc2c(=O)c(C(=O)O)cn3c2c1OCC3C. The topological polar surface area (TPSA) is 101 Å². The van der Waals surface area contributed by atoms with Gasteiger partial charge in [0.25, 0.3) is 0 Å². The van der Waals surface area contributed by atoms with Crippen molar-refractivity contribution < 1.29 is 23.8 Å². The van der Waals surface area contributed by atoms with Crippen LogP contribution in [-0.4, -0.2) is 55.2 Å². The number of ether oxygens (including phenoxy) is 1. The number of nitrogens with zero attached hydrogens (tertiary/aromatic N) is 2. The quantitative estimate of drug-likeness (QED) is 0.695. The van der Waals surface area contributed by atoms with Gasteiger partial charge < -0.3 is 29.4 Å². The Morgan fingerprint density at radius 2 is 2.30 bits per heavy atom. The van der Waals surface area contributed by atoms with Crippen molar-refractivity contribution in [2.45, 2.75) is 13.0 Å². The summed E-state index contributed by atoms with van der Waals surface area (Å²) in [4.78, 5) is 36.6. The maximum atomic E-state index is 15.0. The van der Waals surface area contributed by atoms with Gasteiger partial charge in [-0.3, -0.25) is 4.79 Å². The zero-order valence-corrected chi connectivity index (χ0v) is 15.0. The number of benzene rings is 1. The molecular weight excluding hydrogens is 357 g/mol. The number of nitrogens with one attached hydrogen (secondary N) is 1. The lowest BCUT2D eigenvalue weighted by molar-refractivity contribution is -0.106. The number of rotatable bonds is 7. The molecule has 1 aromatic carbocycles. The number of hydrogen-bond acceptors (Lipinski definition) is 6. The Balaban J connectivity index is 2.35. The van der Waals surface area contributed by atoms with Crippen LogP contribution in [0.5, 0.6) is 5.75 Å². The molecule has 9 heteroatoms. The number of likely N-dealkylation sites (N-methyl/N-ethyl adjacent to an activating group) is 1. The van der Waals surface area contributed by atoms with E-state index in [0.717, 1.165) is 6.07 Å². The summed E-state index contributed by atoms with van der Waals surface area (Å²) in [6.07, 6.45) is 1.93. The number of carboxylic acid groups (broad SMARTS) is 1. The number of carbonyl (C=O) groups excluding carboxylic acids is 1. The summed E-state index contributed by atoms with van der Waals surface area (Å²) in [5.41, 5.74) is -0.766. The monoisotopic (exact) mass is 377 g/mol. The zero-order valence-electron chi connectivity index (χ0n) is 15.0. The lowest BCUT2D eigenvalue weighted by Crippen LogP contribution is -2.34. The minimum absolute atomic E-state index is 0.0482. The minimum atomic E-state index is -1.37. The van der Waals surface area contributed by atoms with Crippen molar-refractivity contribution in [2.75, 3.05) is 38.2 Å². The number of halogens is 1. The fourth-order valence-corrected chi connectivity index (χ4v) is 3.29. The van der Waals surface area contributed by atoms with Crippen LogP contribution in [0.3, 0.4) is 0 Å². The number of pyridine rings is 1. The van der Waals surface area contributed by atoms with E-state index in [2.05, 4.69) is 5.32 Å². The van der Waals surface area contributed by atoms with Crippen LogP contribution in [0.15, 0.2) is 17.1 Å². The smallest absolute Gasteiger partial charge is 0.341 e. The Morgan fingerprint density at radius 3 is 2.93 bits per heavy atom. The molecule has 1 unspecified atom stereocenters. The fourth-order valence-electron chi connectivity index (χ4n) is 3.29. The van der Waals surface area contributed by atoms with Crippen molar-refractivity contribution in [2.24, 2.45) is 0 Å². The number of anilines is 1. The maximum Gasteiger partial charge on any atom is 0.341 e. The van der Waals surface area contributed by atoms with Gasteiger partial charge in [-0.15, -0.1) is 0 Å². The third-order valence-corrected chi connectivity index (χ3v) is 4.62. The Kier molecular flexibility index (Phi) is 5.13. The van der Waals surface area contributed by atoms with Crippen LogP contribution >= 0.6 is 0 Å². The number of hydrogen-bond donors (Lipinski definition) is 2. The van der Waals surface area contributed by atoms with Crippen molar-refractivity contribution in [3.05, 3.63) is 33.9 Å². The predicted octanol–water partition coefficient (Wildman–Crippen LogP) is 1.02. The molecule has 0 spiro atoms. The van der Waals surface area contributed by atoms with Crippen molar-refractivity contribution in [1.82, 2.24) is 9.88 Å². The molecule has 3 rings (SSSR count). The van der Waals surface area contributed by atoms with Crippen LogP contribution in [0.4, 0.5) is 10.1 Å². The third-order valence-electron chi connectivity index (χ3n) is 4.62. The Hall–Kier alpha value is -2.94. The molecular formula is C18H20FN3O5. The van der Waals surface area contributed by atoms with Gasteiger partial charge in [0.05, 0.1) is 23.5 Å². The molecule has 1 atom stereocenters. The van der Waals surface area contributed by atoms with E-state index in [1.54, 1.807) is 11.6 Å². The van der Waals surface area contributed by atoms with Gasteiger partial charge >= 0.3 is 5.97 Å². The van der Waals surface area contributed by atoms with Crippen LogP contribution in [0, 0.1) is 5.82 Å². The summed E-state index contributed by atoms with van der Waals surface area (Å²) < 4.78 is 22.4. The first kappa shape index (κ1) is 18.8. The van der Waals surface area contributed by atoms with E-state index in [-0.39, 0.29) is 36.0 Å². The summed E-state index contributed by atoms with van der Waals surface area (Å²) in [7, 11) is 1.74. The van der Waals surface area contributed by atoms with Gasteiger partial charge in [0.1, 0.15) is 24.1 Å². The minimum Gasteiger partial charge on any atom is -0.487 e. The molecule has 0 radical (unpaired) electrons. The van der Waals surface area contributed by atoms with Crippen LogP contribution in [0.25, 0.3) is 10.9 Å². The van der Waals surface area contributed by atoms with E-state index in [1.165, 1.54) is 11.1 Å². The van der Waals surface area contributed by atoms with Crippen LogP contribution in [0.1, 0.15) is 23.3 Å². The summed E-state index contributed by atoms with van der Waals surface area (Å²) in [6, 6.07) is 0.784. The fraction of sp³-hybridized carbons (Fsp3) is 0.389. The molecule has 27 heavy (non-hydrogen) atoms. The summed E-state index contributed by atoms with van der Waals surface area (Å²) >= 11 is 0. The van der Waals surface area contributed by atoms with Crippen molar-refractivity contribution in [3.63, 3.8) is 0 Å². The van der Waals surface area contributed by atoms with Gasteiger partial charge in [0.15, 0.2) is 11.6 Å². The van der Waals surface area contributed by atoms with Gasteiger partial charge in [0, 0.05) is 19.3 Å². The second kappa shape index (κ2) is 7.36. The van der Waals surface area contributed by atoms with E-state index in [9.17, 15) is 23.9 Å². The summed E-state index contributed by atoms with van der Waals surface area (Å²) in [5, 5.41) is 12.2. The largest absolute Gasteiger partial charge is 0.487 e. The van der Waals surface area contributed by atoms with E-state index in [1.807, 2.05) is 6.92 Å². The van der Waals surface area contributed by atoms with E-state index in [0.29, 0.717) is 24.9 Å². The number of carboxylic acids is 1. The van der Waals surface area contributed by atoms with E-state index in [4.69, 9.17) is 4.74 Å². The molecule has 0 bridgehead atoms. The Labute approximate surface area is 154 Å². The van der Waals surface area contributed by atoms with Gasteiger partial charge in [-0.1, -0.05) is 0 Å². The third kappa shape index (κ3) is 3.14. The number of aromatic nitrogens is 1. The molecule has 0 fully saturated rings. The zero-order chi connectivity index (χ0) is 19.7. The highest BCUT2D eigenvalue weighted by Gasteiger charge is 2.29. The number of aromatic carboxylic acids is 1. The summed E-state index contributed by atoms with van der Waals surface area (Å²) in [6.45, 7) is 2.80. The van der Waals surface area contributed by atoms with Crippen LogP contribution in [0.2, 0.25) is 0 Å². The Bertz CT molecular complexity index is 972. The molecule has 2 N–H and O–H groups in total. The molecule has 1 aliphatic rings. The normalized spacial score (nSPS) is 15.4. The molecule has 1 aromatic heterocycles. The van der Waals surface area contributed by atoms with Gasteiger partial charge in [-0.05, 0) is 20.0 Å². The highest BCUT2D eigenvalue weighted by atomic mass is 19.1. The lowest BCUT2D eigenvalue weighted by atomic mass is 10.1. The van der Waals surface area contributed by atoms with Crippen LogP contribution < -0.4 is 20.4 Å². The molecule has 2 heterocycles. The number of carbonyl (C=O) groups is 2. The second-order valence-corrected chi connectivity index (χ2v) is 6.39. The molecule has 0 saturated heterocycles. The highest BCUT2D eigenvalue weighted by molar-refractivity contribution is 5.97. The molecule has 0 amide bonds. The van der Waals surface area contributed by atoms with Gasteiger partial charge in [-0.2, -0.15) is 0 Å². The highest BCUT2D eigenvalue weighted by Crippen LogP contribution is 2.41. The van der Waals surface area contributed by atoms with E-state index < -0.39 is 22.8 Å². The van der Waals surface area contributed by atoms with E-state index >= 15 is 0 Å². The number of aldehydes is 1. The van der Waals surface area contributed by atoms with Crippen molar-refractivity contribution in [3.8, 4) is 5.75 Å². The molecule has 8 nitrogen and oxygen atoms in total. The molecule has 0 saturated carbocycles. The Morgan fingerprint density at radius 1 is 1.56 bits per heavy atom. The summed E-state index contributed by atoms with van der Waals surface area (Å²) in [5.74, 6) is -1.96. The first-order valence-corrected chi connectivity index (χ1v) is 8.51.